The van der Waals surface area contributed by atoms with Crippen molar-refractivity contribution in [3.8, 4) is 0 Å². The Hall–Kier alpha value is -2.67. The molecule has 2 atom stereocenters. The molecule has 25 heavy (non-hydrogen) atoms. The number of rotatable bonds is 4. The summed E-state index contributed by atoms with van der Waals surface area (Å²) >= 11 is 0. The maximum atomic E-state index is 12.2. The van der Waals surface area contributed by atoms with Crippen molar-refractivity contribution >= 4 is 16.9 Å². The molecule has 2 aromatic heterocycles. The molecule has 0 saturated carbocycles. The van der Waals surface area contributed by atoms with E-state index in [0.29, 0.717) is 13.0 Å². The predicted octanol–water partition coefficient (Wildman–Crippen LogP) is 1.37. The van der Waals surface area contributed by atoms with E-state index < -0.39 is 0 Å². The van der Waals surface area contributed by atoms with Gasteiger partial charge in [0.1, 0.15) is 0 Å². The van der Waals surface area contributed by atoms with E-state index in [0.717, 1.165) is 22.3 Å². The van der Waals surface area contributed by atoms with Crippen LogP contribution in [0.25, 0.3) is 11.0 Å². The number of hydrogen-bond donors (Lipinski definition) is 1. The molecule has 1 aromatic carbocycles. The molecular weight excluding hydrogens is 316 g/mol. The summed E-state index contributed by atoms with van der Waals surface area (Å²) in [6.07, 6.45) is 4.10. The van der Waals surface area contributed by atoms with E-state index in [-0.39, 0.29) is 18.0 Å². The summed E-state index contributed by atoms with van der Waals surface area (Å²) in [5.41, 5.74) is 4.32. The maximum Gasteiger partial charge on any atom is 0.224 e. The van der Waals surface area contributed by atoms with Crippen molar-refractivity contribution in [2.24, 2.45) is 14.1 Å². The Morgan fingerprint density at radius 1 is 1.24 bits per heavy atom. The van der Waals surface area contributed by atoms with Crippen LogP contribution in [0.5, 0.6) is 0 Å². The average molecular weight is 338 g/mol. The van der Waals surface area contributed by atoms with Gasteiger partial charge in [0.25, 0.3) is 0 Å². The zero-order valence-corrected chi connectivity index (χ0v) is 14.7. The van der Waals surface area contributed by atoms with Crippen LogP contribution >= 0.6 is 0 Å². The van der Waals surface area contributed by atoms with Crippen molar-refractivity contribution in [1.29, 1.82) is 0 Å². The smallest absolute Gasteiger partial charge is 0.224 e. The van der Waals surface area contributed by atoms with Gasteiger partial charge in [-0.15, -0.1) is 0 Å². The minimum Gasteiger partial charge on any atom is -0.336 e. The number of likely N-dealkylation sites (N-methyl/N-ethyl adjacent to an activating group) is 1. The van der Waals surface area contributed by atoms with Crippen LogP contribution in [-0.4, -0.2) is 43.2 Å². The summed E-state index contributed by atoms with van der Waals surface area (Å²) in [7, 11) is 5.77. The normalized spacial score (nSPS) is 20.8. The van der Waals surface area contributed by atoms with E-state index in [1.54, 1.807) is 6.20 Å². The molecule has 1 aliphatic rings. The fourth-order valence-corrected chi connectivity index (χ4v) is 3.67. The van der Waals surface area contributed by atoms with Gasteiger partial charge in [-0.2, -0.15) is 5.10 Å². The highest BCUT2D eigenvalue weighted by Crippen LogP contribution is 2.31. The second-order valence-electron chi connectivity index (χ2n) is 6.70. The number of nitrogens with one attached hydrogen (secondary N) is 1. The molecule has 7 nitrogen and oxygen atoms in total. The molecule has 0 bridgehead atoms. The van der Waals surface area contributed by atoms with Crippen molar-refractivity contribution in [3.63, 3.8) is 0 Å². The number of carbonyl (C=O) groups is 1. The zero-order valence-electron chi connectivity index (χ0n) is 14.7. The number of hydrogen-bond acceptors (Lipinski definition) is 4. The van der Waals surface area contributed by atoms with Gasteiger partial charge in [0.2, 0.25) is 5.91 Å². The second kappa shape index (κ2) is 6.00. The van der Waals surface area contributed by atoms with Crippen molar-refractivity contribution in [2.75, 3.05) is 7.05 Å². The third-order valence-corrected chi connectivity index (χ3v) is 5.11. The Bertz CT molecular complexity index is 927. The van der Waals surface area contributed by atoms with Gasteiger partial charge in [0, 0.05) is 46.3 Å². The molecule has 1 fully saturated rings. The number of benzene rings is 1. The third-order valence-electron chi connectivity index (χ3n) is 5.11. The first kappa shape index (κ1) is 15.8. The lowest BCUT2D eigenvalue weighted by molar-refractivity contribution is -0.127. The van der Waals surface area contributed by atoms with Crippen molar-refractivity contribution < 1.29 is 4.79 Å². The quantitative estimate of drug-likeness (QED) is 0.780. The fourth-order valence-electron chi connectivity index (χ4n) is 3.67. The number of imidazole rings is 1. The van der Waals surface area contributed by atoms with Crippen LogP contribution in [0.4, 0.5) is 0 Å². The largest absolute Gasteiger partial charge is 0.336 e. The van der Waals surface area contributed by atoms with Gasteiger partial charge in [-0.25, -0.2) is 4.98 Å². The second-order valence-corrected chi connectivity index (χ2v) is 6.70. The molecule has 3 heterocycles. The number of carbonyl (C=O) groups excluding carboxylic acids is 1. The van der Waals surface area contributed by atoms with E-state index in [4.69, 9.17) is 0 Å². The summed E-state index contributed by atoms with van der Waals surface area (Å²) in [4.78, 5) is 18.5. The number of nitrogens with zero attached hydrogens (tertiary/aromatic N) is 5. The van der Waals surface area contributed by atoms with E-state index in [1.165, 1.54) is 0 Å². The number of aromatic nitrogens is 4. The molecule has 130 valence electrons. The van der Waals surface area contributed by atoms with E-state index in [1.807, 2.05) is 47.7 Å². The van der Waals surface area contributed by atoms with E-state index >= 15 is 0 Å². The van der Waals surface area contributed by atoms with Crippen LogP contribution in [0.15, 0.2) is 36.8 Å². The average Bonchev–Trinajstić information content (AvgIpc) is 3.25. The van der Waals surface area contributed by atoms with Gasteiger partial charge in [0.05, 0.1) is 29.1 Å². The first-order valence-corrected chi connectivity index (χ1v) is 8.41. The summed E-state index contributed by atoms with van der Waals surface area (Å²) in [5, 5.41) is 7.81. The Balaban J connectivity index is 1.54. The highest BCUT2D eigenvalue weighted by atomic mass is 16.2. The molecule has 3 aromatic rings. The lowest BCUT2D eigenvalue weighted by atomic mass is 10.0. The first-order chi connectivity index (χ1) is 12.0. The van der Waals surface area contributed by atoms with Crippen LogP contribution in [0, 0.1) is 0 Å². The molecule has 7 heteroatoms. The summed E-state index contributed by atoms with van der Waals surface area (Å²) in [6, 6.07) is 8.34. The van der Waals surface area contributed by atoms with Gasteiger partial charge in [-0.3, -0.25) is 9.48 Å². The Morgan fingerprint density at radius 2 is 2.08 bits per heavy atom. The van der Waals surface area contributed by atoms with Gasteiger partial charge in [0.15, 0.2) is 0 Å². The third kappa shape index (κ3) is 2.70. The van der Waals surface area contributed by atoms with Crippen LogP contribution in [0.1, 0.15) is 23.7 Å². The summed E-state index contributed by atoms with van der Waals surface area (Å²) in [6.45, 7) is 0.701. The van der Waals surface area contributed by atoms with Crippen LogP contribution in [-0.2, 0) is 25.4 Å². The topological polar surface area (TPSA) is 68.0 Å². The van der Waals surface area contributed by atoms with Crippen LogP contribution in [0.3, 0.4) is 0 Å². The summed E-state index contributed by atoms with van der Waals surface area (Å²) < 4.78 is 3.85. The minimum atomic E-state index is -0.00131. The van der Waals surface area contributed by atoms with Crippen molar-refractivity contribution in [1.82, 2.24) is 29.5 Å². The Morgan fingerprint density at radius 3 is 2.84 bits per heavy atom. The van der Waals surface area contributed by atoms with Gasteiger partial charge < -0.3 is 14.8 Å². The molecule has 1 aliphatic heterocycles. The summed E-state index contributed by atoms with van der Waals surface area (Å²) in [5.74, 6) is 0.156. The molecule has 1 saturated heterocycles. The molecule has 0 unspecified atom stereocenters. The molecule has 0 aliphatic carbocycles. The van der Waals surface area contributed by atoms with E-state index in [2.05, 4.69) is 33.6 Å². The van der Waals surface area contributed by atoms with Gasteiger partial charge >= 0.3 is 0 Å². The van der Waals surface area contributed by atoms with Crippen molar-refractivity contribution in [3.05, 3.63) is 48.0 Å². The van der Waals surface area contributed by atoms with Crippen molar-refractivity contribution in [2.45, 2.75) is 25.0 Å². The van der Waals surface area contributed by atoms with Crippen LogP contribution < -0.4 is 5.32 Å². The van der Waals surface area contributed by atoms with Gasteiger partial charge in [-0.1, -0.05) is 6.07 Å². The number of aryl methyl sites for hydroxylation is 2. The highest BCUT2D eigenvalue weighted by molar-refractivity contribution is 5.80. The Kier molecular flexibility index (Phi) is 3.80. The minimum absolute atomic E-state index is 0.00131. The molecule has 0 spiro atoms. The molecule has 1 N–H and O–H groups in total. The fraction of sp³-hybridized carbons (Fsp3) is 0.389. The Labute approximate surface area is 146 Å². The maximum absolute atomic E-state index is 12.2. The SMILES string of the molecule is CN1C(=O)C[C@@H](NCc2ccc3c(c2)ncn3C)[C@@H]1c1ccnn1C. The molecule has 0 radical (unpaired) electrons. The molecule has 1 amide bonds. The number of fused-ring (bicyclic) bond motifs is 1. The zero-order chi connectivity index (χ0) is 17.6. The lowest BCUT2D eigenvalue weighted by Crippen LogP contribution is -2.35. The van der Waals surface area contributed by atoms with E-state index in [9.17, 15) is 4.79 Å². The lowest BCUT2D eigenvalue weighted by Gasteiger charge is -2.25. The first-order valence-electron chi connectivity index (χ1n) is 8.41. The highest BCUT2D eigenvalue weighted by Gasteiger charge is 2.39. The number of likely N-dealkylation sites (tertiary alicyclic amines) is 1. The molecule has 4 rings (SSSR count). The molecular formula is C18H22N6O. The standard InChI is InChI=1S/C18H22N6O/c1-22-11-20-13-8-12(4-5-15(13)22)10-19-14-9-17(25)23(2)18(14)16-6-7-21-24(16)3/h4-8,11,14,18-19H,9-10H2,1-3H3/t14-,18-/m1/s1. The van der Waals surface area contributed by atoms with Gasteiger partial charge in [-0.05, 0) is 23.8 Å². The van der Waals surface area contributed by atoms with Crippen LogP contribution in [0.2, 0.25) is 0 Å². The monoisotopic (exact) mass is 338 g/mol. The number of amides is 1. The predicted molar refractivity (Wildman–Crippen MR) is 94.7 cm³/mol.